The van der Waals surface area contributed by atoms with Gasteiger partial charge in [-0.2, -0.15) is 0 Å². The molecule has 4 heteroatoms. The fraction of sp³-hybridized carbons (Fsp3) is 0.444. The van der Waals surface area contributed by atoms with Gasteiger partial charge in [0.2, 0.25) is 0 Å². The number of carbonyl (C=O) groups is 1. The quantitative estimate of drug-likeness (QED) is 0.383. The van der Waals surface area contributed by atoms with Crippen LogP contribution in [0.15, 0.2) is 72.3 Å². The number of benzene rings is 2. The topological polar surface area (TPSA) is 35.5 Å². The first-order chi connectivity index (χ1) is 14.7. The zero-order chi connectivity index (χ0) is 22.3. The third-order valence-electron chi connectivity index (χ3n) is 7.42. The first kappa shape index (κ1) is 22.0. The van der Waals surface area contributed by atoms with Crippen LogP contribution in [0.5, 0.6) is 0 Å². The first-order valence-corrected chi connectivity index (χ1v) is 13.2. The minimum Gasteiger partial charge on any atom is -0.461 e. The lowest BCUT2D eigenvalue weighted by molar-refractivity contribution is -0.141. The molecule has 0 radical (unpaired) electrons. The molecule has 2 aromatic carbocycles. The number of esters is 1. The van der Waals surface area contributed by atoms with Crippen molar-refractivity contribution in [2.45, 2.75) is 58.6 Å². The molecule has 1 saturated heterocycles. The van der Waals surface area contributed by atoms with Crippen molar-refractivity contribution in [3.05, 3.63) is 72.3 Å². The molecule has 3 nitrogen and oxygen atoms in total. The number of rotatable bonds is 5. The predicted octanol–water partition coefficient (Wildman–Crippen LogP) is 4.85. The zero-order valence-corrected chi connectivity index (χ0v) is 20.4. The lowest BCUT2D eigenvalue weighted by Crippen LogP contribution is -2.67. The SMILES string of the molecule is CC1=CC[C@@H]2OC(=O)C[C@]2(C)C1CO[Si](c1ccccc1)(c1ccccc1)C(C)(C)C. The Hall–Kier alpha value is -2.17. The normalized spacial score (nSPS) is 26.2. The summed E-state index contributed by atoms with van der Waals surface area (Å²) in [5.74, 6) is 0.0883. The van der Waals surface area contributed by atoms with Crippen LogP contribution in [0.1, 0.15) is 47.5 Å². The molecule has 164 valence electrons. The molecule has 1 aliphatic heterocycles. The molecule has 2 aromatic rings. The van der Waals surface area contributed by atoms with Gasteiger partial charge in [0.05, 0.1) is 6.42 Å². The third kappa shape index (κ3) is 3.70. The molecule has 0 saturated carbocycles. The molecule has 1 unspecified atom stereocenters. The maximum absolute atomic E-state index is 12.2. The number of fused-ring (bicyclic) bond motifs is 1. The van der Waals surface area contributed by atoms with Gasteiger partial charge in [-0.3, -0.25) is 4.79 Å². The van der Waals surface area contributed by atoms with E-state index in [2.05, 4.69) is 101 Å². The van der Waals surface area contributed by atoms with Crippen LogP contribution in [0.4, 0.5) is 0 Å². The van der Waals surface area contributed by atoms with Crippen LogP contribution in [-0.4, -0.2) is 27.0 Å². The molecule has 1 fully saturated rings. The lowest BCUT2D eigenvalue weighted by atomic mass is 9.65. The summed E-state index contributed by atoms with van der Waals surface area (Å²) in [4.78, 5) is 12.2. The summed E-state index contributed by atoms with van der Waals surface area (Å²) < 4.78 is 12.9. The summed E-state index contributed by atoms with van der Waals surface area (Å²) >= 11 is 0. The van der Waals surface area contributed by atoms with Crippen molar-refractivity contribution in [2.75, 3.05) is 6.61 Å². The van der Waals surface area contributed by atoms with Crippen LogP contribution in [0.2, 0.25) is 5.04 Å². The largest absolute Gasteiger partial charge is 0.461 e. The van der Waals surface area contributed by atoms with Crippen LogP contribution in [0, 0.1) is 11.3 Å². The van der Waals surface area contributed by atoms with Crippen molar-refractivity contribution in [1.29, 1.82) is 0 Å². The Morgan fingerprint density at radius 3 is 2.10 bits per heavy atom. The molecule has 1 heterocycles. The van der Waals surface area contributed by atoms with Gasteiger partial charge in [-0.15, -0.1) is 0 Å². The lowest BCUT2D eigenvalue weighted by Gasteiger charge is -2.46. The standard InChI is InChI=1S/C27H34O3Si/c1-20-16-17-24-27(5,18-25(28)30-24)23(20)19-29-31(26(2,3)4,21-12-8-6-9-13-21)22-14-10-7-11-15-22/h6-16,23-24H,17-19H2,1-5H3/t23?,24-,27+/m0/s1. The van der Waals surface area contributed by atoms with Gasteiger partial charge in [0, 0.05) is 24.4 Å². The molecule has 0 aromatic heterocycles. The number of hydrogen-bond donors (Lipinski definition) is 0. The summed E-state index contributed by atoms with van der Waals surface area (Å²) in [6, 6.07) is 21.5. The van der Waals surface area contributed by atoms with E-state index in [1.165, 1.54) is 15.9 Å². The third-order valence-corrected chi connectivity index (χ3v) is 12.4. The van der Waals surface area contributed by atoms with Gasteiger partial charge in [-0.25, -0.2) is 0 Å². The van der Waals surface area contributed by atoms with Crippen LogP contribution < -0.4 is 10.4 Å². The Kier molecular flexibility index (Phi) is 5.73. The van der Waals surface area contributed by atoms with Gasteiger partial charge in [-0.1, -0.05) is 100 Å². The smallest absolute Gasteiger partial charge is 0.306 e. The van der Waals surface area contributed by atoms with E-state index in [0.717, 1.165) is 6.42 Å². The molecular weight excluding hydrogens is 400 g/mol. The van der Waals surface area contributed by atoms with Crippen molar-refractivity contribution >= 4 is 24.7 Å². The van der Waals surface area contributed by atoms with Crippen LogP contribution in [0.25, 0.3) is 0 Å². The maximum Gasteiger partial charge on any atom is 0.306 e. The van der Waals surface area contributed by atoms with Crippen LogP contribution in [-0.2, 0) is 14.0 Å². The van der Waals surface area contributed by atoms with Crippen molar-refractivity contribution in [1.82, 2.24) is 0 Å². The summed E-state index contributed by atoms with van der Waals surface area (Å²) in [6.45, 7) is 11.9. The zero-order valence-electron chi connectivity index (χ0n) is 19.4. The van der Waals surface area contributed by atoms with Crippen molar-refractivity contribution in [3.8, 4) is 0 Å². The van der Waals surface area contributed by atoms with E-state index < -0.39 is 8.32 Å². The molecule has 31 heavy (non-hydrogen) atoms. The second-order valence-corrected chi connectivity index (χ2v) is 14.7. The van der Waals surface area contributed by atoms with Crippen molar-refractivity contribution in [2.24, 2.45) is 11.3 Å². The molecule has 0 N–H and O–H groups in total. The molecule has 2 aliphatic rings. The van der Waals surface area contributed by atoms with E-state index in [-0.39, 0.29) is 28.4 Å². The van der Waals surface area contributed by atoms with Gasteiger partial charge in [0.15, 0.2) is 0 Å². The Morgan fingerprint density at radius 1 is 1.03 bits per heavy atom. The summed E-state index contributed by atoms with van der Waals surface area (Å²) in [5.41, 5.74) is 1.11. The predicted molar refractivity (Wildman–Crippen MR) is 128 cm³/mol. The molecule has 4 rings (SSSR count). The second-order valence-electron chi connectivity index (χ2n) is 10.4. The fourth-order valence-electron chi connectivity index (χ4n) is 5.67. The van der Waals surface area contributed by atoms with Crippen LogP contribution >= 0.6 is 0 Å². The number of carbonyl (C=O) groups excluding carboxylic acids is 1. The van der Waals surface area contributed by atoms with E-state index in [0.29, 0.717) is 13.0 Å². The maximum atomic E-state index is 12.2. The highest BCUT2D eigenvalue weighted by molar-refractivity contribution is 6.99. The van der Waals surface area contributed by atoms with E-state index in [1.807, 2.05) is 0 Å². The van der Waals surface area contributed by atoms with Crippen molar-refractivity contribution in [3.63, 3.8) is 0 Å². The average molecular weight is 435 g/mol. The highest BCUT2D eigenvalue weighted by Crippen LogP contribution is 2.50. The first-order valence-electron chi connectivity index (χ1n) is 11.3. The van der Waals surface area contributed by atoms with E-state index in [4.69, 9.17) is 9.16 Å². The summed E-state index contributed by atoms with van der Waals surface area (Å²) in [6.07, 6.45) is 3.47. The van der Waals surface area contributed by atoms with Gasteiger partial charge >= 0.3 is 5.97 Å². The minimum atomic E-state index is -2.61. The number of hydrogen-bond acceptors (Lipinski definition) is 3. The summed E-state index contributed by atoms with van der Waals surface area (Å²) in [7, 11) is -2.61. The molecule has 0 amide bonds. The van der Waals surface area contributed by atoms with E-state index in [1.54, 1.807) is 0 Å². The molecule has 0 spiro atoms. The average Bonchev–Trinajstić information content (AvgIpc) is 3.04. The number of ether oxygens (including phenoxy) is 1. The van der Waals surface area contributed by atoms with E-state index >= 15 is 0 Å². The fourth-order valence-corrected chi connectivity index (χ4v) is 10.2. The second kappa shape index (κ2) is 8.07. The Morgan fingerprint density at radius 2 is 1.58 bits per heavy atom. The highest BCUT2D eigenvalue weighted by Gasteiger charge is 2.55. The Labute approximate surface area is 187 Å². The molecule has 0 bridgehead atoms. The summed E-state index contributed by atoms with van der Waals surface area (Å²) in [5, 5.41) is 2.50. The van der Waals surface area contributed by atoms with Crippen molar-refractivity contribution < 1.29 is 14.0 Å². The molecule has 1 aliphatic carbocycles. The van der Waals surface area contributed by atoms with Crippen LogP contribution in [0.3, 0.4) is 0 Å². The Bertz CT molecular complexity index is 921. The van der Waals surface area contributed by atoms with Gasteiger partial charge in [0.25, 0.3) is 8.32 Å². The molecule has 3 atom stereocenters. The van der Waals surface area contributed by atoms with Gasteiger partial charge in [0.1, 0.15) is 6.10 Å². The van der Waals surface area contributed by atoms with Gasteiger partial charge < -0.3 is 9.16 Å². The monoisotopic (exact) mass is 434 g/mol. The molecular formula is C27H34O3Si. The Balaban J connectivity index is 1.78. The van der Waals surface area contributed by atoms with E-state index in [9.17, 15) is 4.79 Å². The van der Waals surface area contributed by atoms with Gasteiger partial charge in [-0.05, 0) is 22.3 Å². The minimum absolute atomic E-state index is 0.0450. The highest BCUT2D eigenvalue weighted by atomic mass is 28.4.